The van der Waals surface area contributed by atoms with Gasteiger partial charge in [-0.05, 0) is 36.2 Å². The summed E-state index contributed by atoms with van der Waals surface area (Å²) in [5, 5.41) is 0. The van der Waals surface area contributed by atoms with Crippen LogP contribution in [0.3, 0.4) is 0 Å². The summed E-state index contributed by atoms with van der Waals surface area (Å²) in [5.74, 6) is -1.13. The summed E-state index contributed by atoms with van der Waals surface area (Å²) < 4.78 is 40.1. The van der Waals surface area contributed by atoms with Crippen molar-refractivity contribution in [3.05, 3.63) is 66.0 Å². The maximum Gasteiger partial charge on any atom is 0.245 e. The molecule has 1 atom stereocenters. The lowest BCUT2D eigenvalue weighted by Crippen LogP contribution is -2.41. The van der Waals surface area contributed by atoms with E-state index in [0.29, 0.717) is 18.5 Å². The van der Waals surface area contributed by atoms with Crippen LogP contribution in [0, 0.1) is 5.82 Å². The molecule has 0 spiro atoms. The zero-order chi connectivity index (χ0) is 17.2. The van der Waals surface area contributed by atoms with Crippen LogP contribution in [0.5, 0.6) is 0 Å². The first kappa shape index (κ1) is 16.6. The lowest BCUT2D eigenvalue weighted by Gasteiger charge is -2.17. The van der Waals surface area contributed by atoms with E-state index in [4.69, 9.17) is 0 Å². The van der Waals surface area contributed by atoms with Crippen LogP contribution in [0.4, 0.5) is 10.1 Å². The Bertz CT molecular complexity index is 840. The van der Waals surface area contributed by atoms with Gasteiger partial charge in [0.05, 0.1) is 5.75 Å². The van der Waals surface area contributed by atoms with Crippen molar-refractivity contribution in [2.45, 2.75) is 18.2 Å². The summed E-state index contributed by atoms with van der Waals surface area (Å²) in [5.41, 5.74) is 1.09. The van der Waals surface area contributed by atoms with E-state index in [0.717, 1.165) is 5.69 Å². The number of carbonyl (C=O) groups is 1. The standard InChI is InChI=1S/C17H17FN2O3S/c18-14-6-4-5-13(11-14)12-24(22,23)19-16-9-10-20(17(16)21)15-7-2-1-3-8-15/h1-8,11,16,19H,9-10,12H2. The number of rotatable bonds is 5. The van der Waals surface area contributed by atoms with Crippen LogP contribution < -0.4 is 9.62 Å². The summed E-state index contributed by atoms with van der Waals surface area (Å²) in [7, 11) is -3.74. The van der Waals surface area contributed by atoms with Crippen molar-refractivity contribution in [3.8, 4) is 0 Å². The zero-order valence-electron chi connectivity index (χ0n) is 12.9. The van der Waals surface area contributed by atoms with Crippen LogP contribution in [-0.4, -0.2) is 26.9 Å². The highest BCUT2D eigenvalue weighted by Crippen LogP contribution is 2.21. The van der Waals surface area contributed by atoms with Crippen LogP contribution in [0.2, 0.25) is 0 Å². The topological polar surface area (TPSA) is 66.5 Å². The molecule has 1 heterocycles. The molecule has 2 aromatic carbocycles. The van der Waals surface area contributed by atoms with Crippen LogP contribution in [0.1, 0.15) is 12.0 Å². The molecule has 1 amide bonds. The maximum atomic E-state index is 13.2. The predicted molar refractivity (Wildman–Crippen MR) is 89.4 cm³/mol. The van der Waals surface area contributed by atoms with Crippen molar-refractivity contribution in [1.82, 2.24) is 4.72 Å². The van der Waals surface area contributed by atoms with Crippen LogP contribution in [0.25, 0.3) is 0 Å². The number of hydrogen-bond acceptors (Lipinski definition) is 3. The van der Waals surface area contributed by atoms with E-state index >= 15 is 0 Å². The Balaban J connectivity index is 1.68. The molecule has 1 saturated heterocycles. The summed E-state index contributed by atoms with van der Waals surface area (Å²) in [6.07, 6.45) is 0.399. The lowest BCUT2D eigenvalue weighted by atomic mass is 10.2. The average molecular weight is 348 g/mol. The van der Waals surface area contributed by atoms with E-state index in [1.807, 2.05) is 30.3 Å². The second-order valence-corrected chi connectivity index (χ2v) is 7.43. The van der Waals surface area contributed by atoms with Gasteiger partial charge in [0.1, 0.15) is 11.9 Å². The van der Waals surface area contributed by atoms with E-state index in [1.165, 1.54) is 24.3 Å². The number of sulfonamides is 1. The Morgan fingerprint density at radius 1 is 1.12 bits per heavy atom. The highest BCUT2D eigenvalue weighted by molar-refractivity contribution is 7.88. The highest BCUT2D eigenvalue weighted by Gasteiger charge is 2.35. The fraction of sp³-hybridized carbons (Fsp3) is 0.235. The molecule has 1 aliphatic rings. The Morgan fingerprint density at radius 2 is 1.88 bits per heavy atom. The number of amides is 1. The Kier molecular flexibility index (Phi) is 4.64. The average Bonchev–Trinajstić information content (AvgIpc) is 2.88. The number of nitrogens with zero attached hydrogens (tertiary/aromatic N) is 1. The number of halogens is 1. The molecule has 24 heavy (non-hydrogen) atoms. The number of para-hydroxylation sites is 1. The van der Waals surface area contributed by atoms with E-state index < -0.39 is 21.9 Å². The molecule has 5 nitrogen and oxygen atoms in total. The van der Waals surface area contributed by atoms with Gasteiger partial charge in [-0.15, -0.1) is 0 Å². The third-order valence-electron chi connectivity index (χ3n) is 3.84. The highest BCUT2D eigenvalue weighted by atomic mass is 32.2. The fourth-order valence-corrected chi connectivity index (χ4v) is 4.11. The van der Waals surface area contributed by atoms with Gasteiger partial charge in [-0.25, -0.2) is 17.5 Å². The summed E-state index contributed by atoms with van der Waals surface area (Å²) in [6, 6.07) is 13.7. The second-order valence-electron chi connectivity index (χ2n) is 5.67. The van der Waals surface area contributed by atoms with Gasteiger partial charge < -0.3 is 4.90 Å². The SMILES string of the molecule is O=C1C(NS(=O)(=O)Cc2cccc(F)c2)CCN1c1ccccc1. The van der Waals surface area contributed by atoms with Crippen molar-refractivity contribution < 1.29 is 17.6 Å². The van der Waals surface area contributed by atoms with Crippen molar-refractivity contribution in [2.75, 3.05) is 11.4 Å². The summed E-state index contributed by atoms with van der Waals surface area (Å²) in [6.45, 7) is 0.454. The first-order valence-electron chi connectivity index (χ1n) is 7.55. The second kappa shape index (κ2) is 6.70. The third-order valence-corrected chi connectivity index (χ3v) is 5.20. The molecular weight excluding hydrogens is 331 g/mol. The number of anilines is 1. The maximum absolute atomic E-state index is 13.2. The van der Waals surface area contributed by atoms with Gasteiger partial charge in [0, 0.05) is 12.2 Å². The molecule has 0 bridgehead atoms. The molecule has 0 radical (unpaired) electrons. The minimum atomic E-state index is -3.74. The minimum absolute atomic E-state index is 0.274. The van der Waals surface area contributed by atoms with Gasteiger partial charge in [0.25, 0.3) is 0 Å². The summed E-state index contributed by atoms with van der Waals surface area (Å²) in [4.78, 5) is 14.0. The molecule has 7 heteroatoms. The predicted octanol–water partition coefficient (Wildman–Crippen LogP) is 2.05. The van der Waals surface area contributed by atoms with Gasteiger partial charge in [-0.2, -0.15) is 0 Å². The molecule has 0 aromatic heterocycles. The molecule has 1 aliphatic heterocycles. The number of carbonyl (C=O) groups excluding carboxylic acids is 1. The van der Waals surface area contributed by atoms with Crippen LogP contribution >= 0.6 is 0 Å². The van der Waals surface area contributed by atoms with Gasteiger partial charge in [0.15, 0.2) is 0 Å². The normalized spacial score (nSPS) is 18.1. The van der Waals surface area contributed by atoms with Crippen molar-refractivity contribution in [1.29, 1.82) is 0 Å². The molecular formula is C17H17FN2O3S. The molecule has 1 N–H and O–H groups in total. The third kappa shape index (κ3) is 3.80. The quantitative estimate of drug-likeness (QED) is 0.899. The van der Waals surface area contributed by atoms with Gasteiger partial charge >= 0.3 is 0 Å². The van der Waals surface area contributed by atoms with E-state index in [2.05, 4.69) is 4.72 Å². The van der Waals surface area contributed by atoms with E-state index in [-0.39, 0.29) is 11.7 Å². The van der Waals surface area contributed by atoms with Crippen LogP contribution in [0.15, 0.2) is 54.6 Å². The molecule has 0 saturated carbocycles. The molecule has 1 unspecified atom stereocenters. The monoisotopic (exact) mass is 348 g/mol. The van der Waals surface area contributed by atoms with Crippen molar-refractivity contribution in [3.63, 3.8) is 0 Å². The van der Waals surface area contributed by atoms with E-state index in [1.54, 1.807) is 4.90 Å². The van der Waals surface area contributed by atoms with E-state index in [9.17, 15) is 17.6 Å². The van der Waals surface area contributed by atoms with Crippen LogP contribution in [-0.2, 0) is 20.6 Å². The van der Waals surface area contributed by atoms with Gasteiger partial charge in [-0.3, -0.25) is 4.79 Å². The Morgan fingerprint density at radius 3 is 2.58 bits per heavy atom. The Hall–Kier alpha value is -2.25. The lowest BCUT2D eigenvalue weighted by molar-refractivity contribution is -0.118. The van der Waals surface area contributed by atoms with Crippen molar-refractivity contribution >= 4 is 21.6 Å². The van der Waals surface area contributed by atoms with Gasteiger partial charge in [0.2, 0.25) is 15.9 Å². The van der Waals surface area contributed by atoms with Crippen molar-refractivity contribution in [2.24, 2.45) is 0 Å². The number of nitrogens with one attached hydrogen (secondary N) is 1. The fourth-order valence-electron chi connectivity index (χ4n) is 2.76. The largest absolute Gasteiger partial charge is 0.311 e. The first-order chi connectivity index (χ1) is 11.4. The zero-order valence-corrected chi connectivity index (χ0v) is 13.7. The summed E-state index contributed by atoms with van der Waals surface area (Å²) >= 11 is 0. The smallest absolute Gasteiger partial charge is 0.245 e. The minimum Gasteiger partial charge on any atom is -0.311 e. The number of hydrogen-bond donors (Lipinski definition) is 1. The van der Waals surface area contributed by atoms with Gasteiger partial charge in [-0.1, -0.05) is 30.3 Å². The molecule has 1 fully saturated rings. The number of benzene rings is 2. The first-order valence-corrected chi connectivity index (χ1v) is 9.21. The molecule has 2 aromatic rings. The Labute approximate surface area is 140 Å². The molecule has 3 rings (SSSR count). The molecule has 0 aliphatic carbocycles. The molecule has 126 valence electrons.